The Bertz CT molecular complexity index is 1560. The summed E-state index contributed by atoms with van der Waals surface area (Å²) in [5.74, 6) is -0.200. The minimum absolute atomic E-state index is 0.0374. The van der Waals surface area contributed by atoms with Crippen molar-refractivity contribution in [3.05, 3.63) is 103 Å². The van der Waals surface area contributed by atoms with E-state index in [1.54, 1.807) is 66.9 Å². The van der Waals surface area contributed by atoms with E-state index in [0.717, 1.165) is 0 Å². The number of hydrogen-bond donors (Lipinski definition) is 2. The van der Waals surface area contributed by atoms with Gasteiger partial charge in [0.2, 0.25) is 0 Å². The first-order valence-electron chi connectivity index (χ1n) is 10.6. The normalized spacial score (nSPS) is 11.1. The highest BCUT2D eigenvalue weighted by Gasteiger charge is 2.19. The van der Waals surface area contributed by atoms with Crippen LogP contribution in [0.15, 0.2) is 102 Å². The van der Waals surface area contributed by atoms with Gasteiger partial charge in [0.1, 0.15) is 23.5 Å². The van der Waals surface area contributed by atoms with Crippen molar-refractivity contribution in [2.75, 3.05) is 5.32 Å². The molecule has 0 saturated heterocycles. The van der Waals surface area contributed by atoms with E-state index in [4.69, 9.17) is 0 Å². The summed E-state index contributed by atoms with van der Waals surface area (Å²) in [7, 11) is 0. The third kappa shape index (κ3) is 4.25. The number of nitrogens with zero attached hydrogens (tertiary/aromatic N) is 5. The molecular formula is C26H18N6O3. The Kier molecular flexibility index (Phi) is 5.79. The maximum atomic E-state index is 13.0. The number of aromatic nitrogens is 3. The average molecular weight is 462 g/mol. The van der Waals surface area contributed by atoms with Gasteiger partial charge in [-0.25, -0.2) is 9.97 Å². The minimum Gasteiger partial charge on any atom is -0.505 e. The number of anilines is 1. The van der Waals surface area contributed by atoms with Gasteiger partial charge in [-0.1, -0.05) is 48.5 Å². The van der Waals surface area contributed by atoms with E-state index in [0.29, 0.717) is 28.6 Å². The predicted molar refractivity (Wildman–Crippen MR) is 131 cm³/mol. The second kappa shape index (κ2) is 9.36. The van der Waals surface area contributed by atoms with E-state index in [9.17, 15) is 14.7 Å². The number of aromatic hydroxyl groups is 1. The number of hydrogen-bond acceptors (Lipinski definition) is 7. The zero-order chi connectivity index (χ0) is 24.2. The largest absolute Gasteiger partial charge is 0.505 e. The van der Waals surface area contributed by atoms with Gasteiger partial charge in [0, 0.05) is 17.3 Å². The predicted octanol–water partition coefficient (Wildman–Crippen LogP) is 5.61. The highest BCUT2D eigenvalue weighted by molar-refractivity contribution is 6.11. The number of carbonyl (C=O) groups excluding carboxylic acids is 2. The van der Waals surface area contributed by atoms with Gasteiger partial charge in [-0.3, -0.25) is 14.2 Å². The molecule has 0 bridgehead atoms. The van der Waals surface area contributed by atoms with Crippen LogP contribution in [0.1, 0.15) is 20.8 Å². The molecule has 0 spiro atoms. The van der Waals surface area contributed by atoms with Crippen molar-refractivity contribution in [3.8, 4) is 11.6 Å². The van der Waals surface area contributed by atoms with Gasteiger partial charge < -0.3 is 10.4 Å². The van der Waals surface area contributed by atoms with Crippen LogP contribution in [0.5, 0.6) is 5.75 Å². The number of imidazole rings is 1. The Labute approximate surface area is 199 Å². The van der Waals surface area contributed by atoms with Crippen LogP contribution in [0.25, 0.3) is 16.6 Å². The van der Waals surface area contributed by atoms with Gasteiger partial charge in [-0.05, 0) is 35.7 Å². The van der Waals surface area contributed by atoms with E-state index >= 15 is 0 Å². The van der Waals surface area contributed by atoms with E-state index < -0.39 is 5.91 Å². The topological polar surface area (TPSA) is 122 Å². The molecule has 5 rings (SSSR count). The Balaban J connectivity index is 1.61. The molecule has 0 radical (unpaired) electrons. The summed E-state index contributed by atoms with van der Waals surface area (Å²) in [5, 5.41) is 23.6. The van der Waals surface area contributed by atoms with Crippen molar-refractivity contribution in [1.82, 2.24) is 14.5 Å². The molecule has 3 aromatic carbocycles. The third-order valence-corrected chi connectivity index (χ3v) is 5.29. The smallest absolute Gasteiger partial charge is 0.259 e. The van der Waals surface area contributed by atoms with E-state index in [-0.39, 0.29) is 28.5 Å². The second-order valence-corrected chi connectivity index (χ2v) is 7.49. The van der Waals surface area contributed by atoms with E-state index in [1.807, 2.05) is 18.2 Å². The van der Waals surface area contributed by atoms with Gasteiger partial charge in [-0.15, -0.1) is 10.2 Å². The van der Waals surface area contributed by atoms with Crippen molar-refractivity contribution in [2.24, 2.45) is 10.2 Å². The molecule has 9 nitrogen and oxygen atoms in total. The molecule has 9 heteroatoms. The molecular weight excluding hydrogens is 444 g/mol. The fourth-order valence-electron chi connectivity index (χ4n) is 3.61. The number of phenols is 1. The van der Waals surface area contributed by atoms with Gasteiger partial charge >= 0.3 is 0 Å². The lowest BCUT2D eigenvalue weighted by molar-refractivity contribution is 0.102. The number of carbonyl (C=O) groups is 2. The number of azo groups is 1. The quantitative estimate of drug-likeness (QED) is 0.251. The van der Waals surface area contributed by atoms with Crippen LogP contribution in [0.2, 0.25) is 0 Å². The highest BCUT2D eigenvalue weighted by atomic mass is 16.3. The van der Waals surface area contributed by atoms with Crippen LogP contribution in [-0.4, -0.2) is 31.8 Å². The van der Waals surface area contributed by atoms with Gasteiger partial charge in [-0.2, -0.15) is 0 Å². The minimum atomic E-state index is -0.497. The highest BCUT2D eigenvalue weighted by Crippen LogP contribution is 2.40. The van der Waals surface area contributed by atoms with Crippen LogP contribution in [-0.2, 0) is 0 Å². The SMILES string of the molecule is O=Cc1ncn(-c2ccccn2)c1/N=N/c1c(O)c(C(=O)Nc2ccccc2)cc2ccccc12. The van der Waals surface area contributed by atoms with Gasteiger partial charge in [0.05, 0.1) is 5.56 Å². The number of benzene rings is 3. The number of phenolic OH excluding ortho intramolecular Hbond substituents is 1. The van der Waals surface area contributed by atoms with E-state index in [1.165, 1.54) is 10.9 Å². The summed E-state index contributed by atoms with van der Waals surface area (Å²) < 4.78 is 1.51. The van der Waals surface area contributed by atoms with Crippen molar-refractivity contribution >= 4 is 40.2 Å². The average Bonchev–Trinajstić information content (AvgIpc) is 3.32. The second-order valence-electron chi connectivity index (χ2n) is 7.49. The zero-order valence-electron chi connectivity index (χ0n) is 18.2. The molecule has 0 saturated carbocycles. The van der Waals surface area contributed by atoms with Crippen LogP contribution < -0.4 is 5.32 Å². The Hall–Kier alpha value is -5.18. The molecule has 0 aliphatic carbocycles. The van der Waals surface area contributed by atoms with Crippen molar-refractivity contribution in [3.63, 3.8) is 0 Å². The molecule has 5 aromatic rings. The summed E-state index contributed by atoms with van der Waals surface area (Å²) in [6, 6.07) is 23.0. The van der Waals surface area contributed by atoms with Crippen LogP contribution in [0.3, 0.4) is 0 Å². The monoisotopic (exact) mass is 462 g/mol. The molecule has 1 amide bonds. The number of amides is 1. The lowest BCUT2D eigenvalue weighted by Crippen LogP contribution is -2.12. The molecule has 0 aliphatic heterocycles. The molecule has 2 aromatic heterocycles. The molecule has 35 heavy (non-hydrogen) atoms. The van der Waals surface area contributed by atoms with Crippen LogP contribution in [0.4, 0.5) is 17.2 Å². The number of aldehydes is 1. The summed E-state index contributed by atoms with van der Waals surface area (Å²) in [6.07, 6.45) is 3.59. The summed E-state index contributed by atoms with van der Waals surface area (Å²) >= 11 is 0. The van der Waals surface area contributed by atoms with Gasteiger partial charge in [0.25, 0.3) is 5.91 Å². The molecule has 0 atom stereocenters. The molecule has 0 fully saturated rings. The Morgan fingerprint density at radius 3 is 2.49 bits per heavy atom. The number of nitrogens with one attached hydrogen (secondary N) is 1. The number of pyridine rings is 1. The lowest BCUT2D eigenvalue weighted by Gasteiger charge is -2.11. The zero-order valence-corrected chi connectivity index (χ0v) is 18.2. The molecule has 170 valence electrons. The first kappa shape index (κ1) is 21.7. The maximum absolute atomic E-state index is 13.0. The number of rotatable bonds is 6. The first-order chi connectivity index (χ1) is 17.2. The van der Waals surface area contributed by atoms with Gasteiger partial charge in [0.15, 0.2) is 17.9 Å². The first-order valence-corrected chi connectivity index (χ1v) is 10.6. The maximum Gasteiger partial charge on any atom is 0.259 e. The van der Waals surface area contributed by atoms with Crippen molar-refractivity contribution in [2.45, 2.75) is 0 Å². The fourth-order valence-corrected chi connectivity index (χ4v) is 3.61. The molecule has 0 aliphatic rings. The fraction of sp³-hybridized carbons (Fsp3) is 0. The summed E-state index contributed by atoms with van der Waals surface area (Å²) in [4.78, 5) is 32.9. The Morgan fingerprint density at radius 1 is 0.943 bits per heavy atom. The number of fused-ring (bicyclic) bond motifs is 1. The molecule has 2 N–H and O–H groups in total. The Morgan fingerprint density at radius 2 is 1.71 bits per heavy atom. The van der Waals surface area contributed by atoms with Crippen molar-refractivity contribution in [1.29, 1.82) is 0 Å². The standard InChI is InChI=1S/C26H18N6O3/c33-15-21-25(32(16-28-21)22-12-6-7-13-27-22)31-30-23-19-11-5-4-8-17(19)14-20(24(23)34)26(35)29-18-9-2-1-3-10-18/h1-16,34H,(H,29,35)/b31-30+. The summed E-state index contributed by atoms with van der Waals surface area (Å²) in [5.41, 5.74) is 0.770. The van der Waals surface area contributed by atoms with Crippen LogP contribution in [0, 0.1) is 0 Å². The lowest BCUT2D eigenvalue weighted by atomic mass is 10.0. The number of para-hydroxylation sites is 1. The molecule has 2 heterocycles. The summed E-state index contributed by atoms with van der Waals surface area (Å²) in [6.45, 7) is 0. The van der Waals surface area contributed by atoms with E-state index in [2.05, 4.69) is 25.5 Å². The molecule has 0 unspecified atom stereocenters. The van der Waals surface area contributed by atoms with Crippen LogP contribution >= 0.6 is 0 Å². The van der Waals surface area contributed by atoms with Crippen molar-refractivity contribution < 1.29 is 14.7 Å². The third-order valence-electron chi connectivity index (χ3n) is 5.29.